The minimum Gasteiger partial charge on any atom is -0.324 e. The maximum atomic E-state index is 13.2. The smallest absolute Gasteiger partial charge is 0.320 e. The minimum absolute atomic E-state index is 0.141. The number of carbonyl (C=O) groups excluding carboxylic acids is 2. The molecule has 0 bridgehead atoms. The van der Waals surface area contributed by atoms with Crippen LogP contribution >= 0.6 is 0 Å². The molecule has 30 heavy (non-hydrogen) atoms. The standard InChI is InChI=1S/C25H33N3O2/c1-4-19(3)20-10-14-21(15-11-20)26-23(29)25(16-6-5-7-17-25)28-24(30)27-22-12-8-18(2)9-13-22/h8-15,19H,4-7,16-17H2,1-3H3,(H,26,29)(H2,27,28,30)/t19-/m0/s1. The average Bonchev–Trinajstić information content (AvgIpc) is 2.76. The molecule has 0 aromatic heterocycles. The second kappa shape index (κ2) is 9.79. The molecule has 0 radical (unpaired) electrons. The molecule has 3 N–H and O–H groups in total. The van der Waals surface area contributed by atoms with E-state index in [2.05, 4.69) is 41.9 Å². The van der Waals surface area contributed by atoms with Crippen molar-refractivity contribution in [2.24, 2.45) is 0 Å². The van der Waals surface area contributed by atoms with E-state index >= 15 is 0 Å². The Balaban J connectivity index is 1.69. The lowest BCUT2D eigenvalue weighted by Crippen LogP contribution is -2.58. The van der Waals surface area contributed by atoms with Crippen molar-refractivity contribution < 1.29 is 9.59 Å². The highest BCUT2D eigenvalue weighted by molar-refractivity contribution is 6.02. The minimum atomic E-state index is -0.886. The average molecular weight is 408 g/mol. The SMILES string of the molecule is CC[C@H](C)c1ccc(NC(=O)C2(NC(=O)Nc3ccc(C)cc3)CCCCC2)cc1. The van der Waals surface area contributed by atoms with E-state index in [0.717, 1.165) is 36.9 Å². The summed E-state index contributed by atoms with van der Waals surface area (Å²) in [5.41, 5.74) is 2.98. The highest BCUT2D eigenvalue weighted by atomic mass is 16.2. The molecule has 1 aliphatic carbocycles. The highest BCUT2D eigenvalue weighted by Crippen LogP contribution is 2.30. The van der Waals surface area contributed by atoms with Crippen molar-refractivity contribution in [3.8, 4) is 0 Å². The van der Waals surface area contributed by atoms with Gasteiger partial charge >= 0.3 is 6.03 Å². The van der Waals surface area contributed by atoms with E-state index in [0.29, 0.717) is 24.4 Å². The first kappa shape index (κ1) is 21.9. The van der Waals surface area contributed by atoms with Crippen LogP contribution in [0.4, 0.5) is 16.2 Å². The van der Waals surface area contributed by atoms with Crippen molar-refractivity contribution in [2.45, 2.75) is 70.8 Å². The summed E-state index contributed by atoms with van der Waals surface area (Å²) >= 11 is 0. The van der Waals surface area contributed by atoms with E-state index in [4.69, 9.17) is 0 Å². The molecule has 5 heteroatoms. The van der Waals surface area contributed by atoms with Gasteiger partial charge in [-0.25, -0.2) is 4.79 Å². The van der Waals surface area contributed by atoms with E-state index in [1.807, 2.05) is 43.3 Å². The molecule has 0 aliphatic heterocycles. The summed E-state index contributed by atoms with van der Waals surface area (Å²) in [7, 11) is 0. The number of hydrogen-bond donors (Lipinski definition) is 3. The van der Waals surface area contributed by atoms with Gasteiger partial charge in [0, 0.05) is 11.4 Å². The molecule has 1 fully saturated rings. The van der Waals surface area contributed by atoms with Crippen LogP contribution in [-0.2, 0) is 4.79 Å². The quantitative estimate of drug-likeness (QED) is 0.552. The van der Waals surface area contributed by atoms with Gasteiger partial charge in [0.2, 0.25) is 5.91 Å². The highest BCUT2D eigenvalue weighted by Gasteiger charge is 2.41. The van der Waals surface area contributed by atoms with Crippen molar-refractivity contribution in [2.75, 3.05) is 10.6 Å². The van der Waals surface area contributed by atoms with E-state index in [1.54, 1.807) is 0 Å². The molecule has 2 aromatic carbocycles. The zero-order valence-corrected chi connectivity index (χ0v) is 18.3. The predicted octanol–water partition coefficient (Wildman–Crippen LogP) is 5.97. The van der Waals surface area contributed by atoms with Gasteiger partial charge in [-0.2, -0.15) is 0 Å². The third-order valence-electron chi connectivity index (χ3n) is 6.15. The molecular formula is C25H33N3O2. The first-order valence-electron chi connectivity index (χ1n) is 11.0. The maximum Gasteiger partial charge on any atom is 0.320 e. The van der Waals surface area contributed by atoms with Crippen LogP contribution in [0.25, 0.3) is 0 Å². The number of carbonyl (C=O) groups is 2. The summed E-state index contributed by atoms with van der Waals surface area (Å²) < 4.78 is 0. The van der Waals surface area contributed by atoms with Gasteiger partial charge in [0.15, 0.2) is 0 Å². The number of hydrogen-bond acceptors (Lipinski definition) is 2. The van der Waals surface area contributed by atoms with Crippen LogP contribution in [0.2, 0.25) is 0 Å². The Morgan fingerprint density at radius 1 is 0.900 bits per heavy atom. The van der Waals surface area contributed by atoms with Crippen LogP contribution in [0.1, 0.15) is 69.4 Å². The molecular weight excluding hydrogens is 374 g/mol. The predicted molar refractivity (Wildman–Crippen MR) is 123 cm³/mol. The Morgan fingerprint density at radius 2 is 1.47 bits per heavy atom. The third kappa shape index (κ3) is 5.41. The van der Waals surface area contributed by atoms with Crippen molar-refractivity contribution >= 4 is 23.3 Å². The van der Waals surface area contributed by atoms with Gasteiger partial charge < -0.3 is 16.0 Å². The van der Waals surface area contributed by atoms with E-state index in [9.17, 15) is 9.59 Å². The zero-order chi connectivity index (χ0) is 21.6. The number of rotatable bonds is 6. The van der Waals surface area contributed by atoms with Crippen molar-refractivity contribution in [1.82, 2.24) is 5.32 Å². The number of amides is 3. The van der Waals surface area contributed by atoms with Crippen molar-refractivity contribution in [3.63, 3.8) is 0 Å². The lowest BCUT2D eigenvalue weighted by Gasteiger charge is -2.36. The molecule has 1 saturated carbocycles. The summed E-state index contributed by atoms with van der Waals surface area (Å²) in [6.45, 7) is 6.36. The second-order valence-corrected chi connectivity index (χ2v) is 8.47. The second-order valence-electron chi connectivity index (χ2n) is 8.47. The molecule has 0 unspecified atom stereocenters. The van der Waals surface area contributed by atoms with Crippen LogP contribution in [0.5, 0.6) is 0 Å². The Bertz CT molecular complexity index is 853. The first-order valence-corrected chi connectivity index (χ1v) is 11.0. The monoisotopic (exact) mass is 407 g/mol. The summed E-state index contributed by atoms with van der Waals surface area (Å²) in [5, 5.41) is 8.88. The first-order chi connectivity index (χ1) is 14.4. The van der Waals surface area contributed by atoms with Gasteiger partial charge in [-0.3, -0.25) is 4.79 Å². The van der Waals surface area contributed by atoms with Gasteiger partial charge in [0.25, 0.3) is 0 Å². The molecule has 0 spiro atoms. The maximum absolute atomic E-state index is 13.2. The number of urea groups is 1. The van der Waals surface area contributed by atoms with Gasteiger partial charge in [-0.05, 0) is 61.9 Å². The summed E-state index contributed by atoms with van der Waals surface area (Å²) in [5.74, 6) is 0.351. The van der Waals surface area contributed by atoms with E-state index in [1.165, 1.54) is 5.56 Å². The molecule has 0 heterocycles. The lowest BCUT2D eigenvalue weighted by atomic mass is 9.81. The summed E-state index contributed by atoms with van der Waals surface area (Å²) in [6.07, 6.45) is 5.29. The fourth-order valence-corrected chi connectivity index (χ4v) is 3.96. The molecule has 2 aromatic rings. The van der Waals surface area contributed by atoms with Crippen LogP contribution in [0, 0.1) is 6.92 Å². The number of nitrogens with one attached hydrogen (secondary N) is 3. The Morgan fingerprint density at radius 3 is 2.07 bits per heavy atom. The summed E-state index contributed by atoms with van der Waals surface area (Å²) in [4.78, 5) is 25.9. The van der Waals surface area contributed by atoms with Crippen LogP contribution < -0.4 is 16.0 Å². The largest absolute Gasteiger partial charge is 0.324 e. The Kier molecular flexibility index (Phi) is 7.14. The van der Waals surface area contributed by atoms with E-state index < -0.39 is 5.54 Å². The lowest BCUT2D eigenvalue weighted by molar-refractivity contribution is -0.123. The summed E-state index contributed by atoms with van der Waals surface area (Å²) in [6, 6.07) is 15.3. The molecule has 1 atom stereocenters. The van der Waals surface area contributed by atoms with Crippen molar-refractivity contribution in [1.29, 1.82) is 0 Å². The number of aryl methyl sites for hydroxylation is 1. The topological polar surface area (TPSA) is 70.2 Å². The van der Waals surface area contributed by atoms with Gasteiger partial charge in [0.1, 0.15) is 5.54 Å². The third-order valence-corrected chi connectivity index (χ3v) is 6.15. The zero-order valence-electron chi connectivity index (χ0n) is 18.3. The number of anilines is 2. The molecule has 160 valence electrons. The van der Waals surface area contributed by atoms with Gasteiger partial charge in [-0.1, -0.05) is 62.9 Å². The Labute approximate surface area is 179 Å². The Hall–Kier alpha value is -2.82. The molecule has 3 amide bonds. The van der Waals surface area contributed by atoms with Crippen molar-refractivity contribution in [3.05, 3.63) is 59.7 Å². The molecule has 1 aliphatic rings. The fourth-order valence-electron chi connectivity index (χ4n) is 3.96. The van der Waals surface area contributed by atoms with Crippen LogP contribution in [0.15, 0.2) is 48.5 Å². The van der Waals surface area contributed by atoms with Gasteiger partial charge in [0.05, 0.1) is 0 Å². The fraction of sp³-hybridized carbons (Fsp3) is 0.440. The van der Waals surface area contributed by atoms with Crippen LogP contribution in [-0.4, -0.2) is 17.5 Å². The van der Waals surface area contributed by atoms with Crippen LogP contribution in [0.3, 0.4) is 0 Å². The molecule has 5 nitrogen and oxygen atoms in total. The van der Waals surface area contributed by atoms with E-state index in [-0.39, 0.29) is 11.9 Å². The number of benzene rings is 2. The normalized spacial score (nSPS) is 16.4. The molecule has 0 saturated heterocycles. The molecule has 3 rings (SSSR count). The van der Waals surface area contributed by atoms with Gasteiger partial charge in [-0.15, -0.1) is 0 Å².